The summed E-state index contributed by atoms with van der Waals surface area (Å²) in [5, 5.41) is 18.3. The lowest BCUT2D eigenvalue weighted by atomic mass is 10.1. The second-order valence-corrected chi connectivity index (χ2v) is 15.1. The van der Waals surface area contributed by atoms with Crippen LogP contribution in [0.2, 0.25) is 0 Å². The second-order valence-electron chi connectivity index (χ2n) is 13.6. The van der Waals surface area contributed by atoms with Crippen molar-refractivity contribution in [2.45, 2.75) is 154 Å². The van der Waals surface area contributed by atoms with Gasteiger partial charge in [0.25, 0.3) is 0 Å². The van der Waals surface area contributed by atoms with Crippen LogP contribution in [0.4, 0.5) is 0 Å². The van der Waals surface area contributed by atoms with Crippen LogP contribution in [0.15, 0.2) is 97.2 Å². The standard InChI is InChI=1S/C46H75O10P/c1-3-5-7-9-11-13-15-17-19-21-23-25-27-29-31-33-35-37-45(49)53-41-44(42-55-57(51,52)54-40-43(48)39-47)56-46(50)38-36-34-32-30-28-26-24-22-20-18-16-14-12-10-8-6-4-2/h5,7,11-14,17-20,23-26,29,31,43-44,47-48H,3-4,6,8-10,15-16,21-22,27-28,30,32-42H2,1-2H3,(H,51,52)/b7-5-,13-11-,14-12-,19-17-,20-18-,25-23-,26-24-,31-29-/t43-,44+/m0/s1. The zero-order valence-corrected chi connectivity index (χ0v) is 35.9. The third kappa shape index (κ3) is 40.9. The van der Waals surface area contributed by atoms with Gasteiger partial charge in [0.05, 0.1) is 19.8 Å². The van der Waals surface area contributed by atoms with Gasteiger partial charge in [-0.05, 0) is 89.9 Å². The van der Waals surface area contributed by atoms with E-state index in [0.717, 1.165) is 77.0 Å². The van der Waals surface area contributed by atoms with E-state index in [1.54, 1.807) is 0 Å². The van der Waals surface area contributed by atoms with E-state index in [-0.39, 0.29) is 19.4 Å². The zero-order valence-electron chi connectivity index (χ0n) is 35.0. The average molecular weight is 819 g/mol. The van der Waals surface area contributed by atoms with Gasteiger partial charge in [0, 0.05) is 12.8 Å². The fourth-order valence-electron chi connectivity index (χ4n) is 4.97. The SMILES string of the molecule is CC/C=C\C/C=C\C/C=C\C/C=C\C/C=C\CCCC(=O)OC[C@H](COP(=O)(O)OC[C@@H](O)CO)OC(=O)CCCCCC/C=C\C/C=C\C/C=C\CCCCC. The number of carbonyl (C=O) groups excluding carboxylic acids is 2. The molecule has 1 unspecified atom stereocenters. The van der Waals surface area contributed by atoms with E-state index < -0.39 is 51.8 Å². The topological polar surface area (TPSA) is 149 Å². The summed E-state index contributed by atoms with van der Waals surface area (Å²) in [4.78, 5) is 35.0. The molecule has 0 rings (SSSR count). The molecule has 0 aromatic heterocycles. The highest BCUT2D eigenvalue weighted by molar-refractivity contribution is 7.47. The van der Waals surface area contributed by atoms with Crippen LogP contribution in [0.3, 0.4) is 0 Å². The predicted octanol–water partition coefficient (Wildman–Crippen LogP) is 11.2. The summed E-state index contributed by atoms with van der Waals surface area (Å²) in [6, 6.07) is 0. The van der Waals surface area contributed by atoms with Crippen molar-refractivity contribution in [2.75, 3.05) is 26.4 Å². The molecule has 57 heavy (non-hydrogen) atoms. The number of phosphoric ester groups is 1. The van der Waals surface area contributed by atoms with Crippen LogP contribution in [-0.4, -0.2) is 65.7 Å². The molecule has 3 N–H and O–H groups in total. The monoisotopic (exact) mass is 819 g/mol. The molecule has 0 bridgehead atoms. The third-order valence-electron chi connectivity index (χ3n) is 8.22. The van der Waals surface area contributed by atoms with Gasteiger partial charge in [-0.15, -0.1) is 0 Å². The van der Waals surface area contributed by atoms with Crippen molar-refractivity contribution >= 4 is 19.8 Å². The van der Waals surface area contributed by atoms with Crippen molar-refractivity contribution in [3.05, 3.63) is 97.2 Å². The van der Waals surface area contributed by atoms with Crippen LogP contribution >= 0.6 is 7.82 Å². The summed E-state index contributed by atoms with van der Waals surface area (Å²) in [6.07, 6.45) is 49.5. The summed E-state index contributed by atoms with van der Waals surface area (Å²) in [7, 11) is -4.64. The van der Waals surface area contributed by atoms with Crippen molar-refractivity contribution in [2.24, 2.45) is 0 Å². The van der Waals surface area contributed by atoms with Gasteiger partial charge in [-0.1, -0.05) is 137 Å². The molecule has 0 radical (unpaired) electrons. The number of aliphatic hydroxyl groups is 2. The summed E-state index contributed by atoms with van der Waals surface area (Å²) in [5.41, 5.74) is 0. The highest BCUT2D eigenvalue weighted by Gasteiger charge is 2.27. The Kier molecular flexibility index (Phi) is 38.8. The van der Waals surface area contributed by atoms with Gasteiger partial charge in [0.15, 0.2) is 6.10 Å². The summed E-state index contributed by atoms with van der Waals surface area (Å²) in [6.45, 7) is 2.12. The third-order valence-corrected chi connectivity index (χ3v) is 9.17. The first kappa shape index (κ1) is 53.9. The Labute approximate surface area is 344 Å². The molecular formula is C46H75O10P. The highest BCUT2D eigenvalue weighted by atomic mass is 31.2. The average Bonchev–Trinajstić information content (AvgIpc) is 3.20. The Balaban J connectivity index is 4.48. The van der Waals surface area contributed by atoms with Crippen molar-refractivity contribution < 1.29 is 47.8 Å². The van der Waals surface area contributed by atoms with E-state index in [2.05, 4.69) is 103 Å². The molecule has 0 spiro atoms. The number of unbranched alkanes of at least 4 members (excludes halogenated alkanes) is 8. The number of ether oxygens (including phenoxy) is 2. The molecule has 3 atom stereocenters. The van der Waals surface area contributed by atoms with Gasteiger partial charge in [-0.3, -0.25) is 18.6 Å². The Morgan fingerprint density at radius 3 is 1.49 bits per heavy atom. The van der Waals surface area contributed by atoms with E-state index in [1.807, 2.05) is 12.2 Å². The van der Waals surface area contributed by atoms with E-state index in [9.17, 15) is 24.2 Å². The molecule has 0 amide bonds. The van der Waals surface area contributed by atoms with Crippen LogP contribution in [0, 0.1) is 0 Å². The molecule has 0 saturated heterocycles. The first-order valence-electron chi connectivity index (χ1n) is 21.2. The minimum absolute atomic E-state index is 0.140. The van der Waals surface area contributed by atoms with Crippen molar-refractivity contribution in [3.8, 4) is 0 Å². The number of phosphoric acid groups is 1. The first-order chi connectivity index (χ1) is 27.7. The van der Waals surface area contributed by atoms with E-state index >= 15 is 0 Å². The number of hydrogen-bond donors (Lipinski definition) is 3. The number of hydrogen-bond acceptors (Lipinski definition) is 9. The Morgan fingerprint density at radius 2 is 0.982 bits per heavy atom. The molecule has 10 nitrogen and oxygen atoms in total. The number of aliphatic hydroxyl groups excluding tert-OH is 2. The fourth-order valence-corrected chi connectivity index (χ4v) is 5.76. The summed E-state index contributed by atoms with van der Waals surface area (Å²) < 4.78 is 32.6. The largest absolute Gasteiger partial charge is 0.472 e. The Morgan fingerprint density at radius 1 is 0.544 bits per heavy atom. The molecule has 0 aromatic rings. The zero-order chi connectivity index (χ0) is 41.9. The van der Waals surface area contributed by atoms with Gasteiger partial charge < -0.3 is 24.6 Å². The van der Waals surface area contributed by atoms with Crippen LogP contribution in [0.1, 0.15) is 142 Å². The van der Waals surface area contributed by atoms with Crippen LogP contribution in [-0.2, 0) is 32.7 Å². The molecule has 0 fully saturated rings. The minimum Gasteiger partial charge on any atom is -0.462 e. The maximum absolute atomic E-state index is 12.6. The normalized spacial score (nSPS) is 14.8. The Bertz CT molecular complexity index is 1260. The fraction of sp³-hybridized carbons (Fsp3) is 0.609. The van der Waals surface area contributed by atoms with E-state index in [0.29, 0.717) is 19.3 Å². The molecular weight excluding hydrogens is 743 g/mol. The number of carbonyl (C=O) groups is 2. The lowest BCUT2D eigenvalue weighted by Crippen LogP contribution is -2.29. The quantitative estimate of drug-likeness (QED) is 0.0238. The lowest BCUT2D eigenvalue weighted by Gasteiger charge is -2.20. The molecule has 0 aromatic carbocycles. The van der Waals surface area contributed by atoms with Gasteiger partial charge in [-0.2, -0.15) is 0 Å². The van der Waals surface area contributed by atoms with Crippen LogP contribution in [0.5, 0.6) is 0 Å². The Hall–Kier alpha value is -3.11. The molecule has 0 saturated carbocycles. The molecule has 324 valence electrons. The number of esters is 2. The van der Waals surface area contributed by atoms with Crippen LogP contribution in [0.25, 0.3) is 0 Å². The molecule has 11 heteroatoms. The second kappa shape index (κ2) is 41.1. The van der Waals surface area contributed by atoms with E-state index in [4.69, 9.17) is 19.1 Å². The van der Waals surface area contributed by atoms with Gasteiger partial charge in [0.1, 0.15) is 12.7 Å². The molecule has 0 aliphatic heterocycles. The smallest absolute Gasteiger partial charge is 0.462 e. The van der Waals surface area contributed by atoms with Crippen LogP contribution < -0.4 is 0 Å². The van der Waals surface area contributed by atoms with E-state index in [1.165, 1.54) is 19.3 Å². The molecule has 0 aliphatic rings. The summed E-state index contributed by atoms with van der Waals surface area (Å²) in [5.74, 6) is -1.03. The number of rotatable bonds is 38. The van der Waals surface area contributed by atoms with Crippen molar-refractivity contribution in [3.63, 3.8) is 0 Å². The maximum Gasteiger partial charge on any atom is 0.472 e. The lowest BCUT2D eigenvalue weighted by molar-refractivity contribution is -0.161. The minimum atomic E-state index is -4.64. The van der Waals surface area contributed by atoms with Gasteiger partial charge in [-0.25, -0.2) is 4.57 Å². The molecule has 0 heterocycles. The molecule has 0 aliphatic carbocycles. The first-order valence-corrected chi connectivity index (χ1v) is 22.7. The predicted molar refractivity (Wildman–Crippen MR) is 232 cm³/mol. The highest BCUT2D eigenvalue weighted by Crippen LogP contribution is 2.43. The van der Waals surface area contributed by atoms with Crippen molar-refractivity contribution in [1.29, 1.82) is 0 Å². The van der Waals surface area contributed by atoms with Crippen molar-refractivity contribution in [1.82, 2.24) is 0 Å². The number of allylic oxidation sites excluding steroid dienone is 16. The maximum atomic E-state index is 12.6. The van der Waals surface area contributed by atoms with Gasteiger partial charge >= 0.3 is 19.8 Å². The summed E-state index contributed by atoms with van der Waals surface area (Å²) >= 11 is 0. The van der Waals surface area contributed by atoms with Gasteiger partial charge in [0.2, 0.25) is 0 Å².